The van der Waals surface area contributed by atoms with E-state index in [1.807, 2.05) is 42.5 Å². The number of rotatable bonds is 8. The highest BCUT2D eigenvalue weighted by molar-refractivity contribution is 8.00. The molecule has 1 atom stereocenters. The molecule has 3 N–H and O–H groups in total. The Morgan fingerprint density at radius 3 is 1.93 bits per heavy atom. The van der Waals surface area contributed by atoms with Crippen molar-refractivity contribution in [2.24, 2.45) is 0 Å². The first-order valence-electron chi connectivity index (χ1n) is 12.3. The van der Waals surface area contributed by atoms with Gasteiger partial charge in [-0.1, -0.05) is 66.2 Å². The van der Waals surface area contributed by atoms with Gasteiger partial charge >= 0.3 is 5.97 Å². The van der Waals surface area contributed by atoms with Crippen molar-refractivity contribution in [3.8, 4) is 0 Å². The molecule has 0 bridgehead atoms. The average Bonchev–Trinajstić information content (AvgIpc) is 2.97. The van der Waals surface area contributed by atoms with Crippen molar-refractivity contribution in [1.82, 2.24) is 0 Å². The van der Waals surface area contributed by atoms with Gasteiger partial charge in [0, 0.05) is 32.2 Å². The number of nitrogens with one attached hydrogen (secondary N) is 2. The summed E-state index contributed by atoms with van der Waals surface area (Å²) in [6.45, 7) is 0. The highest BCUT2D eigenvalue weighted by Gasteiger charge is 2.22. The van der Waals surface area contributed by atoms with Crippen LogP contribution in [0.25, 0.3) is 10.8 Å². The van der Waals surface area contributed by atoms with Crippen LogP contribution in [0.1, 0.15) is 31.5 Å². The van der Waals surface area contributed by atoms with Gasteiger partial charge < -0.3 is 15.7 Å². The van der Waals surface area contributed by atoms with Crippen molar-refractivity contribution in [2.75, 3.05) is 10.6 Å². The zero-order chi connectivity index (χ0) is 28.1. The lowest BCUT2D eigenvalue weighted by Crippen LogP contribution is -2.19. The molecule has 5 rings (SSSR count). The molecule has 0 aliphatic rings. The van der Waals surface area contributed by atoms with E-state index in [0.29, 0.717) is 27.2 Å². The number of hydrogen-bond donors (Lipinski definition) is 3. The number of benzene rings is 5. The van der Waals surface area contributed by atoms with Gasteiger partial charge in [0.1, 0.15) is 5.25 Å². The molecule has 0 saturated heterocycles. The quantitative estimate of drug-likeness (QED) is 0.166. The molecule has 0 saturated carbocycles. The minimum Gasteiger partial charge on any atom is -0.478 e. The molecule has 0 aromatic heterocycles. The summed E-state index contributed by atoms with van der Waals surface area (Å²) >= 11 is 7.36. The lowest BCUT2D eigenvalue weighted by atomic mass is 9.98. The van der Waals surface area contributed by atoms with Gasteiger partial charge in [0.25, 0.3) is 5.91 Å². The molecule has 6 nitrogen and oxygen atoms in total. The molecular formula is C32H23ClN2O4S. The molecule has 1 unspecified atom stereocenters. The first-order valence-corrected chi connectivity index (χ1v) is 13.6. The second kappa shape index (κ2) is 12.1. The number of thioether (sulfide) groups is 1. The van der Waals surface area contributed by atoms with E-state index in [9.17, 15) is 19.5 Å². The SMILES string of the molecule is O=C(O)c1cccc2cccc(C(=O)Nc3ccc(SC(C(=O)Nc4ccc(Cl)cc4)c4ccccc4)cc3)c12. The molecule has 0 radical (unpaired) electrons. The number of fused-ring (bicyclic) bond motifs is 1. The third-order valence-corrected chi connectivity index (χ3v) is 7.72. The fraction of sp³-hybridized carbons (Fsp3) is 0.0312. The zero-order valence-corrected chi connectivity index (χ0v) is 22.6. The number of anilines is 2. The van der Waals surface area contributed by atoms with Crippen LogP contribution in [0, 0.1) is 0 Å². The standard InChI is InChI=1S/C32H23ClN2O4S/c33-22-12-14-23(15-13-22)35-31(37)29(21-6-2-1-3-7-21)40-25-18-16-24(17-19-25)34-30(36)26-10-4-8-20-9-5-11-27(28(20)26)32(38)39/h1-19,29H,(H,34,36)(H,35,37)(H,38,39). The zero-order valence-electron chi connectivity index (χ0n) is 21.0. The maximum atomic E-state index is 13.3. The highest BCUT2D eigenvalue weighted by Crippen LogP contribution is 2.37. The van der Waals surface area contributed by atoms with Gasteiger partial charge in [0.15, 0.2) is 0 Å². The summed E-state index contributed by atoms with van der Waals surface area (Å²) < 4.78 is 0. The molecular weight excluding hydrogens is 544 g/mol. The Balaban J connectivity index is 1.34. The number of halogens is 1. The number of amides is 2. The molecule has 0 spiro atoms. The molecule has 0 heterocycles. The van der Waals surface area contributed by atoms with Crippen LogP contribution >= 0.6 is 23.4 Å². The Kier molecular flexibility index (Phi) is 8.15. The summed E-state index contributed by atoms with van der Waals surface area (Å²) in [5.41, 5.74) is 2.38. The largest absolute Gasteiger partial charge is 0.478 e. The fourth-order valence-corrected chi connectivity index (χ4v) is 5.45. The topological polar surface area (TPSA) is 95.5 Å². The van der Waals surface area contributed by atoms with E-state index < -0.39 is 17.1 Å². The molecule has 5 aromatic carbocycles. The summed E-state index contributed by atoms with van der Waals surface area (Å²) in [6.07, 6.45) is 0. The van der Waals surface area contributed by atoms with Crippen molar-refractivity contribution < 1.29 is 19.5 Å². The normalized spacial score (nSPS) is 11.5. The predicted molar refractivity (Wildman–Crippen MR) is 160 cm³/mol. The van der Waals surface area contributed by atoms with E-state index in [-0.39, 0.29) is 17.0 Å². The van der Waals surface area contributed by atoms with Crippen molar-refractivity contribution in [3.63, 3.8) is 0 Å². The summed E-state index contributed by atoms with van der Waals surface area (Å²) in [5, 5.41) is 16.6. The first kappa shape index (κ1) is 27.0. The van der Waals surface area contributed by atoms with Gasteiger partial charge in [-0.15, -0.1) is 11.8 Å². The van der Waals surface area contributed by atoms with Gasteiger partial charge in [-0.05, 0) is 71.6 Å². The molecule has 0 aliphatic carbocycles. The van der Waals surface area contributed by atoms with Crippen LogP contribution in [-0.2, 0) is 4.79 Å². The monoisotopic (exact) mass is 566 g/mol. The molecule has 40 heavy (non-hydrogen) atoms. The van der Waals surface area contributed by atoms with Crippen molar-refractivity contribution >= 4 is 63.3 Å². The summed E-state index contributed by atoms with van der Waals surface area (Å²) in [4.78, 5) is 39.1. The molecule has 2 amide bonds. The molecule has 0 fully saturated rings. The minimum atomic E-state index is -1.10. The van der Waals surface area contributed by atoms with Crippen molar-refractivity contribution in [3.05, 3.63) is 137 Å². The van der Waals surface area contributed by atoms with Crippen LogP contribution in [0.5, 0.6) is 0 Å². The molecule has 198 valence electrons. The lowest BCUT2D eigenvalue weighted by molar-refractivity contribution is -0.115. The Morgan fingerprint density at radius 1 is 0.675 bits per heavy atom. The molecule has 8 heteroatoms. The Hall–Kier alpha value is -4.59. The average molecular weight is 567 g/mol. The van der Waals surface area contributed by atoms with E-state index in [0.717, 1.165) is 10.5 Å². The first-order chi connectivity index (χ1) is 19.4. The number of aromatic carboxylic acids is 1. The van der Waals surface area contributed by atoms with Crippen LogP contribution in [0.15, 0.2) is 120 Å². The number of carbonyl (C=O) groups is 3. The Labute approximate surface area is 240 Å². The second-order valence-corrected chi connectivity index (χ2v) is 10.5. The Morgan fingerprint density at radius 2 is 1.27 bits per heavy atom. The van der Waals surface area contributed by atoms with Gasteiger partial charge in [-0.25, -0.2) is 4.79 Å². The maximum absolute atomic E-state index is 13.3. The Bertz CT molecular complexity index is 1690. The van der Waals surface area contributed by atoms with Crippen molar-refractivity contribution in [2.45, 2.75) is 10.1 Å². The minimum absolute atomic E-state index is 0.0684. The van der Waals surface area contributed by atoms with Crippen LogP contribution in [0.2, 0.25) is 5.02 Å². The van der Waals surface area contributed by atoms with Gasteiger partial charge in [0.2, 0.25) is 5.91 Å². The summed E-state index contributed by atoms with van der Waals surface area (Å²) in [7, 11) is 0. The number of carboxylic acid groups (broad SMARTS) is 1. The van der Waals surface area contributed by atoms with Crippen LogP contribution in [0.3, 0.4) is 0 Å². The number of carbonyl (C=O) groups excluding carboxylic acids is 2. The number of hydrogen-bond acceptors (Lipinski definition) is 4. The second-order valence-electron chi connectivity index (χ2n) is 8.90. The van der Waals surface area contributed by atoms with Crippen LogP contribution < -0.4 is 10.6 Å². The van der Waals surface area contributed by atoms with E-state index in [1.54, 1.807) is 66.7 Å². The van der Waals surface area contributed by atoms with E-state index in [1.165, 1.54) is 17.8 Å². The van der Waals surface area contributed by atoms with E-state index >= 15 is 0 Å². The van der Waals surface area contributed by atoms with E-state index in [2.05, 4.69) is 10.6 Å². The van der Waals surface area contributed by atoms with Gasteiger partial charge in [0.05, 0.1) is 5.56 Å². The summed E-state index contributed by atoms with van der Waals surface area (Å²) in [6, 6.07) is 33.6. The lowest BCUT2D eigenvalue weighted by Gasteiger charge is -2.17. The molecule has 5 aromatic rings. The fourth-order valence-electron chi connectivity index (χ4n) is 4.30. The van der Waals surface area contributed by atoms with Gasteiger partial charge in [-0.2, -0.15) is 0 Å². The smallest absolute Gasteiger partial charge is 0.336 e. The third-order valence-electron chi connectivity index (χ3n) is 6.20. The number of carboxylic acids is 1. The van der Waals surface area contributed by atoms with Crippen LogP contribution in [0.4, 0.5) is 11.4 Å². The van der Waals surface area contributed by atoms with Crippen LogP contribution in [-0.4, -0.2) is 22.9 Å². The third kappa shape index (κ3) is 6.17. The molecule has 0 aliphatic heterocycles. The highest BCUT2D eigenvalue weighted by atomic mass is 35.5. The van der Waals surface area contributed by atoms with Gasteiger partial charge in [-0.3, -0.25) is 9.59 Å². The van der Waals surface area contributed by atoms with E-state index in [4.69, 9.17) is 11.6 Å². The van der Waals surface area contributed by atoms with Crippen molar-refractivity contribution in [1.29, 1.82) is 0 Å². The maximum Gasteiger partial charge on any atom is 0.336 e. The summed E-state index contributed by atoms with van der Waals surface area (Å²) in [5.74, 6) is -1.69. The predicted octanol–water partition coefficient (Wildman–Crippen LogP) is 7.92.